The number of para-hydroxylation sites is 1. The molecule has 0 saturated heterocycles. The first kappa shape index (κ1) is 19.3. The lowest BCUT2D eigenvalue weighted by Crippen LogP contribution is -2.48. The predicted octanol–water partition coefficient (Wildman–Crippen LogP) is 2.81. The number of carbonyl (C=O) groups excluding carboxylic acids is 2. The third kappa shape index (κ3) is 4.74. The van der Waals surface area contributed by atoms with E-state index in [1.807, 2.05) is 38.1 Å². The first-order valence-electron chi connectivity index (χ1n) is 9.40. The normalized spacial score (nSPS) is 20.6. The van der Waals surface area contributed by atoms with Crippen LogP contribution in [0.1, 0.15) is 58.4 Å². The summed E-state index contributed by atoms with van der Waals surface area (Å²) < 4.78 is 0. The van der Waals surface area contributed by atoms with Gasteiger partial charge >= 0.3 is 0 Å². The van der Waals surface area contributed by atoms with Gasteiger partial charge in [0.1, 0.15) is 0 Å². The molecule has 25 heavy (non-hydrogen) atoms. The van der Waals surface area contributed by atoms with Gasteiger partial charge in [0.15, 0.2) is 0 Å². The van der Waals surface area contributed by atoms with Gasteiger partial charge in [0.05, 0.1) is 12.5 Å². The number of nitrogens with zero attached hydrogens (tertiary/aromatic N) is 1. The highest BCUT2D eigenvalue weighted by Crippen LogP contribution is 2.38. The molecule has 1 aliphatic rings. The Balaban J connectivity index is 2.21. The van der Waals surface area contributed by atoms with Crippen molar-refractivity contribution in [2.45, 2.75) is 65.0 Å². The number of carbonyl (C=O) groups is 2. The first-order valence-corrected chi connectivity index (χ1v) is 9.40. The third-order valence-electron chi connectivity index (χ3n) is 4.93. The molecular formula is C20H31N3O2. The van der Waals surface area contributed by atoms with Gasteiger partial charge in [-0.1, -0.05) is 32.0 Å². The second kappa shape index (κ2) is 8.88. The molecule has 3 atom stereocenters. The Labute approximate surface area is 151 Å². The van der Waals surface area contributed by atoms with Crippen LogP contribution in [0, 0.1) is 0 Å². The molecule has 0 aliphatic carbocycles. The van der Waals surface area contributed by atoms with Gasteiger partial charge in [-0.25, -0.2) is 0 Å². The maximum Gasteiger partial charge on any atom is 0.239 e. The SMILES string of the molecule is CCCNC(=O)CN1c2ccccc2[C@H](C(=O)N[C@@H](C)CC)C[C@@H]1C. The summed E-state index contributed by atoms with van der Waals surface area (Å²) in [5.41, 5.74) is 2.02. The molecule has 1 aromatic carbocycles. The largest absolute Gasteiger partial charge is 0.359 e. The van der Waals surface area contributed by atoms with Crippen molar-refractivity contribution >= 4 is 17.5 Å². The zero-order valence-corrected chi connectivity index (χ0v) is 15.8. The summed E-state index contributed by atoms with van der Waals surface area (Å²) in [6, 6.07) is 8.27. The lowest BCUT2D eigenvalue weighted by atomic mass is 9.85. The summed E-state index contributed by atoms with van der Waals surface area (Å²) in [4.78, 5) is 27.0. The fraction of sp³-hybridized carbons (Fsp3) is 0.600. The number of rotatable bonds is 7. The Bertz CT molecular complexity index is 602. The standard InChI is InChI=1S/C20H31N3O2/c1-5-11-21-19(24)13-23-15(4)12-17(20(25)22-14(3)6-2)16-9-7-8-10-18(16)23/h7-10,14-15,17H,5-6,11-13H2,1-4H3,(H,21,24)(H,22,25)/t14-,15-,17+/m0/s1. The number of fused-ring (bicyclic) bond motifs is 1. The molecule has 138 valence electrons. The molecule has 1 aliphatic heterocycles. The monoisotopic (exact) mass is 345 g/mol. The third-order valence-corrected chi connectivity index (χ3v) is 4.93. The second-order valence-corrected chi connectivity index (χ2v) is 6.99. The van der Waals surface area contributed by atoms with Crippen LogP contribution in [-0.4, -0.2) is 37.0 Å². The highest BCUT2D eigenvalue weighted by molar-refractivity contribution is 5.88. The topological polar surface area (TPSA) is 61.4 Å². The molecule has 2 amide bonds. The lowest BCUT2D eigenvalue weighted by molar-refractivity contribution is -0.123. The summed E-state index contributed by atoms with van der Waals surface area (Å²) in [5.74, 6) is -0.0371. The van der Waals surface area contributed by atoms with Crippen LogP contribution in [0.5, 0.6) is 0 Å². The van der Waals surface area contributed by atoms with Crippen LogP contribution in [0.25, 0.3) is 0 Å². The smallest absolute Gasteiger partial charge is 0.239 e. The molecule has 0 unspecified atom stereocenters. The van der Waals surface area contributed by atoms with Crippen molar-refractivity contribution in [3.05, 3.63) is 29.8 Å². The van der Waals surface area contributed by atoms with Crippen LogP contribution in [-0.2, 0) is 9.59 Å². The Kier molecular flexibility index (Phi) is 6.85. The zero-order valence-electron chi connectivity index (χ0n) is 15.8. The number of anilines is 1. The highest BCUT2D eigenvalue weighted by atomic mass is 16.2. The molecule has 0 bridgehead atoms. The van der Waals surface area contributed by atoms with Crippen molar-refractivity contribution in [1.29, 1.82) is 0 Å². The number of hydrogen-bond donors (Lipinski definition) is 2. The summed E-state index contributed by atoms with van der Waals surface area (Å²) in [5, 5.41) is 6.05. The van der Waals surface area contributed by atoms with E-state index in [2.05, 4.69) is 29.4 Å². The average molecular weight is 345 g/mol. The van der Waals surface area contributed by atoms with Crippen LogP contribution >= 0.6 is 0 Å². The van der Waals surface area contributed by atoms with Gasteiger partial charge < -0.3 is 15.5 Å². The van der Waals surface area contributed by atoms with Crippen molar-refractivity contribution < 1.29 is 9.59 Å². The fourth-order valence-corrected chi connectivity index (χ4v) is 3.29. The Morgan fingerprint density at radius 3 is 2.68 bits per heavy atom. The van der Waals surface area contributed by atoms with Gasteiger partial charge in [-0.2, -0.15) is 0 Å². The van der Waals surface area contributed by atoms with E-state index in [-0.39, 0.29) is 29.8 Å². The molecule has 2 rings (SSSR count). The molecule has 5 nitrogen and oxygen atoms in total. The summed E-state index contributed by atoms with van der Waals surface area (Å²) >= 11 is 0. The molecule has 5 heteroatoms. The van der Waals surface area contributed by atoms with Gasteiger partial charge in [-0.15, -0.1) is 0 Å². The number of hydrogen-bond acceptors (Lipinski definition) is 3. The number of nitrogens with one attached hydrogen (secondary N) is 2. The van der Waals surface area contributed by atoms with E-state index < -0.39 is 0 Å². The van der Waals surface area contributed by atoms with Crippen molar-refractivity contribution in [2.75, 3.05) is 18.0 Å². The Hall–Kier alpha value is -2.04. The van der Waals surface area contributed by atoms with Crippen LogP contribution < -0.4 is 15.5 Å². The van der Waals surface area contributed by atoms with Gasteiger partial charge in [0.2, 0.25) is 11.8 Å². The van der Waals surface area contributed by atoms with Crippen molar-refractivity contribution in [2.24, 2.45) is 0 Å². The van der Waals surface area contributed by atoms with E-state index in [4.69, 9.17) is 0 Å². The van der Waals surface area contributed by atoms with E-state index in [9.17, 15) is 9.59 Å². The van der Waals surface area contributed by atoms with Crippen LogP contribution in [0.15, 0.2) is 24.3 Å². The van der Waals surface area contributed by atoms with E-state index in [0.717, 1.165) is 30.5 Å². The van der Waals surface area contributed by atoms with Crippen LogP contribution in [0.2, 0.25) is 0 Å². The van der Waals surface area contributed by atoms with Crippen molar-refractivity contribution in [3.8, 4) is 0 Å². The molecule has 1 aromatic rings. The zero-order chi connectivity index (χ0) is 18.4. The summed E-state index contributed by atoms with van der Waals surface area (Å²) in [6.45, 7) is 9.26. The maximum absolute atomic E-state index is 12.7. The van der Waals surface area contributed by atoms with E-state index in [1.165, 1.54) is 0 Å². The van der Waals surface area contributed by atoms with Gasteiger partial charge in [-0.3, -0.25) is 9.59 Å². The highest BCUT2D eigenvalue weighted by Gasteiger charge is 2.34. The Morgan fingerprint density at radius 1 is 1.28 bits per heavy atom. The lowest BCUT2D eigenvalue weighted by Gasteiger charge is -2.40. The minimum absolute atomic E-state index is 0.0333. The van der Waals surface area contributed by atoms with Crippen molar-refractivity contribution in [1.82, 2.24) is 10.6 Å². The van der Waals surface area contributed by atoms with E-state index in [0.29, 0.717) is 13.1 Å². The average Bonchev–Trinajstić information content (AvgIpc) is 2.61. The van der Waals surface area contributed by atoms with Gasteiger partial charge in [0.25, 0.3) is 0 Å². The molecule has 2 N–H and O–H groups in total. The molecule has 0 aromatic heterocycles. The van der Waals surface area contributed by atoms with E-state index >= 15 is 0 Å². The summed E-state index contributed by atoms with van der Waals surface area (Å²) in [6.07, 6.45) is 2.56. The van der Waals surface area contributed by atoms with Crippen LogP contribution in [0.3, 0.4) is 0 Å². The first-order chi connectivity index (χ1) is 12.0. The second-order valence-electron chi connectivity index (χ2n) is 6.99. The summed E-state index contributed by atoms with van der Waals surface area (Å²) in [7, 11) is 0. The minimum Gasteiger partial charge on any atom is -0.359 e. The quantitative estimate of drug-likeness (QED) is 0.799. The minimum atomic E-state index is -0.157. The number of benzene rings is 1. The fourth-order valence-electron chi connectivity index (χ4n) is 3.29. The molecule has 0 fully saturated rings. The van der Waals surface area contributed by atoms with Gasteiger partial charge in [0, 0.05) is 24.3 Å². The Morgan fingerprint density at radius 2 is 2.00 bits per heavy atom. The van der Waals surface area contributed by atoms with E-state index in [1.54, 1.807) is 0 Å². The predicted molar refractivity (Wildman–Crippen MR) is 102 cm³/mol. The molecule has 0 saturated carbocycles. The molecule has 0 radical (unpaired) electrons. The van der Waals surface area contributed by atoms with Gasteiger partial charge in [-0.05, 0) is 44.7 Å². The van der Waals surface area contributed by atoms with Crippen molar-refractivity contribution in [3.63, 3.8) is 0 Å². The molecular weight excluding hydrogens is 314 g/mol. The molecule has 0 spiro atoms. The maximum atomic E-state index is 12.7. The number of amides is 2. The van der Waals surface area contributed by atoms with Crippen LogP contribution in [0.4, 0.5) is 5.69 Å². The molecule has 1 heterocycles.